The minimum Gasteiger partial charge on any atom is -0.394 e. The minimum absolute atomic E-state index is 0.476. The zero-order valence-corrected chi connectivity index (χ0v) is 18.4. The predicted octanol–water partition coefficient (Wildman–Crippen LogP) is -3.23. The molecule has 2 aromatic rings. The quantitative estimate of drug-likeness (QED) is 0.149. The van der Waals surface area contributed by atoms with E-state index in [1.807, 2.05) is 0 Å². The first-order chi connectivity index (χ1) is 15.0. The fourth-order valence-corrected chi connectivity index (χ4v) is 6.06. The third-order valence-electron chi connectivity index (χ3n) is 4.00. The molecule has 0 bridgehead atoms. The first-order valence-corrected chi connectivity index (χ1v) is 12.7. The Bertz CT molecular complexity index is 1260. The number of hydrogen-bond acceptors (Lipinski definition) is 14. The molecule has 0 aromatic carbocycles. The summed E-state index contributed by atoms with van der Waals surface area (Å²) < 4.78 is 52.5. The van der Waals surface area contributed by atoms with E-state index in [0.29, 0.717) is 10.9 Å². The van der Waals surface area contributed by atoms with Crippen LogP contribution in [0.25, 0.3) is 11.2 Å². The molecule has 23 heteroatoms. The number of H-pyrrole nitrogens is 1. The second-order valence-corrected chi connectivity index (χ2v) is 10.7. The van der Waals surface area contributed by atoms with Crippen molar-refractivity contribution in [2.75, 3.05) is 12.3 Å². The van der Waals surface area contributed by atoms with E-state index in [0.717, 1.165) is 0 Å². The summed E-state index contributed by atoms with van der Waals surface area (Å²) in [5, 5.41) is 30.1. The number of phosphoric ester groups is 1. The number of anilines is 1. The van der Waals surface area contributed by atoms with Gasteiger partial charge in [-0.25, -0.2) is 23.2 Å². The van der Waals surface area contributed by atoms with E-state index in [2.05, 4.69) is 23.6 Å². The maximum Gasteiger partial charge on any atom is 0.490 e. The number of imidazole rings is 1. The van der Waals surface area contributed by atoms with Gasteiger partial charge in [0.15, 0.2) is 17.3 Å². The Kier molecular flexibility index (Phi) is 6.75. The number of aliphatic hydroxyl groups excluding tert-OH is 3. The first-order valence-electron chi connectivity index (χ1n) is 8.23. The number of nitrogens with zero attached hydrogens (tertiary/aromatic N) is 3. The number of aromatic amines is 1. The smallest absolute Gasteiger partial charge is 0.394 e. The summed E-state index contributed by atoms with van der Waals surface area (Å²) in [6.45, 7) is -0.998. The van der Waals surface area contributed by atoms with E-state index in [9.17, 15) is 43.6 Å². The van der Waals surface area contributed by atoms with Crippen LogP contribution in [-0.2, 0) is 37.5 Å². The Balaban J connectivity index is 2.13. The van der Waals surface area contributed by atoms with Gasteiger partial charge < -0.3 is 45.4 Å². The number of nitrogen functional groups attached to an aromatic ring is 1. The molecular formula is C10H16N5O15P3. The van der Waals surface area contributed by atoms with Crippen molar-refractivity contribution < 1.29 is 66.5 Å². The van der Waals surface area contributed by atoms with E-state index in [1.54, 1.807) is 0 Å². The van der Waals surface area contributed by atoms with Crippen LogP contribution in [0, 0.1) is 0 Å². The highest BCUT2D eigenvalue weighted by Crippen LogP contribution is 2.68. The molecule has 1 fully saturated rings. The molecule has 33 heavy (non-hydrogen) atoms. The second-order valence-electron chi connectivity index (χ2n) is 6.33. The van der Waals surface area contributed by atoms with Crippen molar-refractivity contribution in [3.63, 3.8) is 0 Å². The summed E-state index contributed by atoms with van der Waals surface area (Å²) in [7, 11) is -17.7. The molecule has 3 rings (SSSR count). The molecule has 2 unspecified atom stereocenters. The molecule has 1 aliphatic rings. The Morgan fingerprint density at radius 1 is 1.18 bits per heavy atom. The van der Waals surface area contributed by atoms with Gasteiger partial charge in [-0.1, -0.05) is 0 Å². The third kappa shape index (κ3) is 5.24. The molecule has 0 spiro atoms. The molecular weight excluding hydrogens is 523 g/mol. The van der Waals surface area contributed by atoms with E-state index in [-0.39, 0.29) is 0 Å². The summed E-state index contributed by atoms with van der Waals surface area (Å²) in [6, 6.07) is 0. The molecule has 0 radical (unpaired) electrons. The molecule has 0 aliphatic carbocycles. The van der Waals surface area contributed by atoms with Crippen LogP contribution >= 0.6 is 23.5 Å². The molecule has 6 atom stereocenters. The molecule has 0 saturated carbocycles. The van der Waals surface area contributed by atoms with Crippen molar-refractivity contribution in [3.05, 3.63) is 16.7 Å². The van der Waals surface area contributed by atoms with Crippen LogP contribution in [0.2, 0.25) is 0 Å². The molecule has 2 aromatic heterocycles. The lowest BCUT2D eigenvalue weighted by Crippen LogP contribution is -2.47. The molecule has 186 valence electrons. The normalized spacial score (nSPS) is 29.7. The van der Waals surface area contributed by atoms with Crippen LogP contribution in [0.15, 0.2) is 11.1 Å². The number of rotatable bonds is 8. The van der Waals surface area contributed by atoms with E-state index in [4.69, 9.17) is 24.8 Å². The lowest BCUT2D eigenvalue weighted by atomic mass is 10.1. The minimum atomic E-state index is -6.01. The number of phosphoric acid groups is 3. The lowest BCUT2D eigenvalue weighted by Gasteiger charge is -2.33. The topological polar surface area (TPSA) is 319 Å². The number of hydrogen-bond donors (Lipinski definition) is 9. The van der Waals surface area contributed by atoms with Crippen molar-refractivity contribution in [1.82, 2.24) is 19.5 Å². The fraction of sp³-hybridized carbons (Fsp3) is 0.500. The average molecular weight is 539 g/mol. The molecule has 10 N–H and O–H groups in total. The van der Waals surface area contributed by atoms with Crippen LogP contribution in [0.1, 0.15) is 0 Å². The predicted molar refractivity (Wildman–Crippen MR) is 99.5 cm³/mol. The number of ether oxygens (including phenoxy) is 1. The number of fused-ring (bicyclic) bond motifs is 1. The van der Waals surface area contributed by atoms with E-state index >= 15 is 0 Å². The largest absolute Gasteiger partial charge is 0.490 e. The molecule has 20 nitrogen and oxygen atoms in total. The summed E-state index contributed by atoms with van der Waals surface area (Å²) in [5.41, 5.74) is 3.50. The van der Waals surface area contributed by atoms with Gasteiger partial charge in [0.05, 0.1) is 6.61 Å². The van der Waals surface area contributed by atoms with Crippen molar-refractivity contribution in [2.45, 2.75) is 24.2 Å². The van der Waals surface area contributed by atoms with E-state index in [1.165, 1.54) is 0 Å². The van der Waals surface area contributed by atoms with Gasteiger partial charge in [0.2, 0.25) is 5.95 Å². The molecule has 1 aliphatic heterocycles. The monoisotopic (exact) mass is 539 g/mol. The number of nitrogens with one attached hydrogen (secondary N) is 1. The highest BCUT2D eigenvalue weighted by Gasteiger charge is 2.61. The van der Waals surface area contributed by atoms with Gasteiger partial charge >= 0.3 is 23.5 Å². The van der Waals surface area contributed by atoms with Crippen LogP contribution in [0.3, 0.4) is 0 Å². The Labute approximate surface area is 180 Å². The number of nitrogens with two attached hydrogens (primary N) is 1. The summed E-state index contributed by atoms with van der Waals surface area (Å²) in [5.74, 6) is -3.63. The van der Waals surface area contributed by atoms with Gasteiger partial charge in [0.25, 0.3) is 11.5 Å². The first kappa shape index (κ1) is 26.0. The Morgan fingerprint density at radius 2 is 1.82 bits per heavy atom. The van der Waals surface area contributed by atoms with Crippen molar-refractivity contribution in [3.8, 4) is 0 Å². The Hall–Kier alpha value is -1.60. The summed E-state index contributed by atoms with van der Waals surface area (Å²) in [6.07, 6.45) is -5.45. The summed E-state index contributed by atoms with van der Waals surface area (Å²) >= 11 is 0. The van der Waals surface area contributed by atoms with Crippen molar-refractivity contribution in [2.24, 2.45) is 0 Å². The Morgan fingerprint density at radius 3 is 2.36 bits per heavy atom. The van der Waals surface area contributed by atoms with Gasteiger partial charge in [-0.3, -0.25) is 14.3 Å². The van der Waals surface area contributed by atoms with Gasteiger partial charge in [-0.05, 0) is 0 Å². The number of aromatic nitrogens is 4. The molecule has 1 saturated heterocycles. The van der Waals surface area contributed by atoms with Gasteiger partial charge in [0.1, 0.15) is 18.5 Å². The van der Waals surface area contributed by atoms with Crippen LogP contribution in [0.5, 0.6) is 0 Å². The number of aliphatic hydroxyl groups is 3. The standard InChI is InChI=1S/C10H16N5O15P3/c11-9-13-7-4(8(19)14-9)12-2-15(7)10(6(18)5(17)3(1-16)27-10)28-32(23,24)30-33(25,26)29-31(20,21)22/h2-3,5-6,16-18H,1H2,(H,23,24)(H,25,26)(H2,20,21,22)(H3,11,13,14,19)/t3-,5-,6-,10+/m1/s1. The van der Waals surface area contributed by atoms with Crippen LogP contribution < -0.4 is 11.3 Å². The second kappa shape index (κ2) is 8.56. The molecule has 0 amide bonds. The maximum atomic E-state index is 12.5. The zero-order chi connectivity index (χ0) is 25.0. The highest BCUT2D eigenvalue weighted by atomic mass is 31.3. The fourth-order valence-electron chi connectivity index (χ4n) is 2.86. The highest BCUT2D eigenvalue weighted by molar-refractivity contribution is 7.66. The van der Waals surface area contributed by atoms with E-state index < -0.39 is 77.0 Å². The van der Waals surface area contributed by atoms with Crippen LogP contribution in [-0.4, -0.2) is 79.3 Å². The van der Waals surface area contributed by atoms with Gasteiger partial charge in [-0.2, -0.15) is 13.6 Å². The van der Waals surface area contributed by atoms with Gasteiger partial charge in [0, 0.05) is 0 Å². The van der Waals surface area contributed by atoms with Crippen molar-refractivity contribution in [1.29, 1.82) is 0 Å². The summed E-state index contributed by atoms with van der Waals surface area (Å²) in [4.78, 5) is 58.1. The van der Waals surface area contributed by atoms with Crippen LogP contribution in [0.4, 0.5) is 5.95 Å². The van der Waals surface area contributed by atoms with Gasteiger partial charge in [-0.15, -0.1) is 0 Å². The average Bonchev–Trinajstić information content (AvgIpc) is 3.14. The zero-order valence-electron chi connectivity index (χ0n) is 15.7. The lowest BCUT2D eigenvalue weighted by molar-refractivity contribution is -0.274. The van der Waals surface area contributed by atoms with Crippen molar-refractivity contribution >= 4 is 40.6 Å². The maximum absolute atomic E-state index is 12.5. The third-order valence-corrected chi connectivity index (χ3v) is 7.82. The SMILES string of the molecule is Nc1nc2c(ncn2[C@]2(OP(=O)(O)OP(=O)(O)OP(=O)(O)O)O[C@H](CO)[C@@H](O)[C@H]2O)c(=O)[nH]1. The molecule has 3 heterocycles.